The fourth-order valence-corrected chi connectivity index (χ4v) is 4.19. The number of piperazine rings is 1. The van der Waals surface area contributed by atoms with Crippen LogP contribution in [0.5, 0.6) is 0 Å². The van der Waals surface area contributed by atoms with E-state index in [0.717, 1.165) is 48.2 Å². The quantitative estimate of drug-likeness (QED) is 0.392. The Morgan fingerprint density at radius 1 is 1.03 bits per heavy atom. The van der Waals surface area contributed by atoms with Crippen molar-refractivity contribution in [2.75, 3.05) is 48.8 Å². The monoisotopic (exact) mass is 483 g/mol. The number of para-hydroxylation sites is 1. The van der Waals surface area contributed by atoms with Crippen molar-refractivity contribution < 1.29 is 9.18 Å². The van der Waals surface area contributed by atoms with Gasteiger partial charge in [0.1, 0.15) is 0 Å². The third kappa shape index (κ3) is 5.01. The number of carbonyl (C=O) groups excluding carboxylic acids is 1. The van der Waals surface area contributed by atoms with Crippen molar-refractivity contribution in [2.24, 2.45) is 0 Å². The highest BCUT2D eigenvalue weighted by molar-refractivity contribution is 6.00. The molecule has 9 heteroatoms. The zero-order chi connectivity index (χ0) is 25.1. The third-order valence-corrected chi connectivity index (χ3v) is 6.12. The van der Waals surface area contributed by atoms with Gasteiger partial charge in [-0.1, -0.05) is 36.9 Å². The summed E-state index contributed by atoms with van der Waals surface area (Å²) in [6.45, 7) is 6.71. The minimum absolute atomic E-state index is 0.279. The van der Waals surface area contributed by atoms with Gasteiger partial charge in [-0.3, -0.25) is 4.79 Å². The number of nitrogens with zero attached hydrogens (tertiary/aromatic N) is 5. The lowest BCUT2D eigenvalue weighted by Gasteiger charge is -2.33. The predicted octanol–water partition coefficient (Wildman–Crippen LogP) is 4.45. The minimum Gasteiger partial charge on any atom is -0.352 e. The molecule has 0 unspecified atom stereocenters. The molecule has 0 saturated carbocycles. The molecule has 1 fully saturated rings. The zero-order valence-electron chi connectivity index (χ0n) is 19.9. The molecule has 1 amide bonds. The third-order valence-electron chi connectivity index (χ3n) is 6.12. The number of nitrogens with one attached hydrogen (secondary N) is 2. The second-order valence-corrected chi connectivity index (χ2v) is 8.66. The molecule has 1 aliphatic rings. The van der Waals surface area contributed by atoms with Gasteiger partial charge in [-0.25, -0.2) is 19.3 Å². The van der Waals surface area contributed by atoms with Crippen molar-refractivity contribution in [1.82, 2.24) is 19.9 Å². The van der Waals surface area contributed by atoms with Gasteiger partial charge < -0.3 is 20.4 Å². The molecule has 2 aromatic carbocycles. The summed E-state index contributed by atoms with van der Waals surface area (Å²) in [4.78, 5) is 29.4. The van der Waals surface area contributed by atoms with Crippen molar-refractivity contribution in [2.45, 2.75) is 0 Å². The number of hydrogen-bond acceptors (Lipinski definition) is 7. The van der Waals surface area contributed by atoms with E-state index in [1.165, 1.54) is 12.1 Å². The smallest absolute Gasteiger partial charge is 0.247 e. The molecule has 1 saturated heterocycles. The number of aromatic nitrogens is 3. The summed E-state index contributed by atoms with van der Waals surface area (Å²) in [5.41, 5.74) is 3.61. The summed E-state index contributed by atoms with van der Waals surface area (Å²) in [5, 5.41) is 6.71. The molecule has 0 aliphatic carbocycles. The van der Waals surface area contributed by atoms with E-state index >= 15 is 0 Å². The van der Waals surface area contributed by atoms with Gasteiger partial charge in [-0.05, 0) is 30.8 Å². The SMILES string of the molecule is C=CC(=O)Nc1cccc(-c2cccc3cnc(Nc4cnc(N5CCN(C)CC5)c(F)c4)nc23)c1. The molecule has 182 valence electrons. The van der Waals surface area contributed by atoms with Gasteiger partial charge in [0.25, 0.3) is 0 Å². The maximum atomic E-state index is 14.9. The van der Waals surface area contributed by atoms with E-state index in [0.29, 0.717) is 23.1 Å². The topological polar surface area (TPSA) is 86.3 Å². The summed E-state index contributed by atoms with van der Waals surface area (Å²) in [7, 11) is 2.06. The van der Waals surface area contributed by atoms with Crippen molar-refractivity contribution in [1.29, 1.82) is 0 Å². The number of halogens is 1. The Balaban J connectivity index is 1.42. The Kier molecular flexibility index (Phi) is 6.55. The van der Waals surface area contributed by atoms with E-state index in [1.807, 2.05) is 47.4 Å². The van der Waals surface area contributed by atoms with Crippen LogP contribution in [0.25, 0.3) is 22.0 Å². The van der Waals surface area contributed by atoms with Crippen LogP contribution in [0.1, 0.15) is 0 Å². The molecule has 2 aromatic heterocycles. The van der Waals surface area contributed by atoms with Gasteiger partial charge in [0.2, 0.25) is 11.9 Å². The van der Waals surface area contributed by atoms with Gasteiger partial charge in [0, 0.05) is 55.1 Å². The number of hydrogen-bond donors (Lipinski definition) is 2. The van der Waals surface area contributed by atoms with Crippen molar-refractivity contribution in [3.63, 3.8) is 0 Å². The molecule has 5 rings (SSSR count). The van der Waals surface area contributed by atoms with E-state index in [4.69, 9.17) is 4.98 Å². The van der Waals surface area contributed by atoms with Crippen LogP contribution in [-0.4, -0.2) is 59.0 Å². The molecule has 0 spiro atoms. The lowest BCUT2D eigenvalue weighted by atomic mass is 10.0. The number of fused-ring (bicyclic) bond motifs is 1. The first-order valence-electron chi connectivity index (χ1n) is 11.7. The minimum atomic E-state index is -0.385. The first-order chi connectivity index (χ1) is 17.5. The highest BCUT2D eigenvalue weighted by Crippen LogP contribution is 2.30. The van der Waals surface area contributed by atoms with Crippen molar-refractivity contribution in [3.8, 4) is 11.1 Å². The Bertz CT molecular complexity index is 1430. The summed E-state index contributed by atoms with van der Waals surface area (Å²) < 4.78 is 14.9. The van der Waals surface area contributed by atoms with Crippen LogP contribution in [0, 0.1) is 5.82 Å². The summed E-state index contributed by atoms with van der Waals surface area (Å²) >= 11 is 0. The van der Waals surface area contributed by atoms with Gasteiger partial charge in [-0.2, -0.15) is 0 Å². The largest absolute Gasteiger partial charge is 0.352 e. The van der Waals surface area contributed by atoms with E-state index in [1.54, 1.807) is 12.4 Å². The number of anilines is 4. The maximum absolute atomic E-state index is 14.9. The van der Waals surface area contributed by atoms with Crippen molar-refractivity contribution >= 4 is 40.0 Å². The molecule has 3 heterocycles. The molecule has 4 aromatic rings. The highest BCUT2D eigenvalue weighted by Gasteiger charge is 2.19. The van der Waals surface area contributed by atoms with Crippen molar-refractivity contribution in [3.05, 3.63) is 79.4 Å². The van der Waals surface area contributed by atoms with Gasteiger partial charge in [0.05, 0.1) is 17.4 Å². The van der Waals surface area contributed by atoms with Crippen LogP contribution >= 0.6 is 0 Å². The average molecular weight is 484 g/mol. The van der Waals surface area contributed by atoms with E-state index in [-0.39, 0.29) is 11.7 Å². The molecule has 36 heavy (non-hydrogen) atoms. The van der Waals surface area contributed by atoms with Crippen LogP contribution in [0.2, 0.25) is 0 Å². The zero-order valence-corrected chi connectivity index (χ0v) is 19.9. The van der Waals surface area contributed by atoms with Crippen LogP contribution in [0.4, 0.5) is 27.5 Å². The molecular weight excluding hydrogens is 457 g/mol. The molecule has 8 nitrogen and oxygen atoms in total. The molecule has 0 radical (unpaired) electrons. The number of amides is 1. The van der Waals surface area contributed by atoms with Gasteiger partial charge >= 0.3 is 0 Å². The van der Waals surface area contributed by atoms with Crippen LogP contribution in [0.3, 0.4) is 0 Å². The molecule has 1 aliphatic heterocycles. The Labute approximate surface area is 208 Å². The first kappa shape index (κ1) is 23.4. The Morgan fingerprint density at radius 3 is 2.61 bits per heavy atom. The molecular formula is C27H26FN7O. The average Bonchev–Trinajstić information content (AvgIpc) is 2.89. The fourth-order valence-electron chi connectivity index (χ4n) is 4.19. The molecule has 2 N–H and O–H groups in total. The number of carbonyl (C=O) groups is 1. The molecule has 0 bridgehead atoms. The summed E-state index contributed by atoms with van der Waals surface area (Å²) in [5.74, 6) is 0.0289. The second kappa shape index (κ2) is 10.1. The number of benzene rings is 2. The number of pyridine rings is 1. The summed E-state index contributed by atoms with van der Waals surface area (Å²) in [6.07, 6.45) is 4.55. The van der Waals surface area contributed by atoms with Crippen LogP contribution in [-0.2, 0) is 4.79 Å². The highest BCUT2D eigenvalue weighted by atomic mass is 19.1. The standard InChI is InChI=1S/C27H26FN7O/c1-3-24(36)31-20-8-4-6-18(14-20)22-9-5-7-19-16-30-27(33-25(19)22)32-21-15-23(28)26(29-17-21)35-12-10-34(2)11-13-35/h3-9,14-17H,1,10-13H2,2H3,(H,31,36)(H,30,32,33). The van der Waals surface area contributed by atoms with Gasteiger partial charge in [-0.15, -0.1) is 0 Å². The lowest BCUT2D eigenvalue weighted by Crippen LogP contribution is -2.45. The lowest BCUT2D eigenvalue weighted by molar-refractivity contribution is -0.111. The molecule has 0 atom stereocenters. The fraction of sp³-hybridized carbons (Fsp3) is 0.185. The van der Waals surface area contributed by atoms with Crippen LogP contribution < -0.4 is 15.5 Å². The van der Waals surface area contributed by atoms with E-state index in [9.17, 15) is 9.18 Å². The van der Waals surface area contributed by atoms with Crippen LogP contribution in [0.15, 0.2) is 73.6 Å². The predicted molar refractivity (Wildman–Crippen MR) is 141 cm³/mol. The Hall–Kier alpha value is -4.37. The van der Waals surface area contributed by atoms with E-state index < -0.39 is 0 Å². The summed E-state index contributed by atoms with van der Waals surface area (Å²) in [6, 6.07) is 14.7. The second-order valence-electron chi connectivity index (χ2n) is 8.66. The maximum Gasteiger partial charge on any atom is 0.247 e. The van der Waals surface area contributed by atoms with E-state index in [2.05, 4.69) is 39.1 Å². The Morgan fingerprint density at radius 2 is 1.83 bits per heavy atom. The number of rotatable bonds is 6. The number of likely N-dealkylation sites (N-methyl/N-ethyl adjacent to an activating group) is 1. The normalized spacial score (nSPS) is 14.0. The van der Waals surface area contributed by atoms with Gasteiger partial charge in [0.15, 0.2) is 11.6 Å². The first-order valence-corrected chi connectivity index (χ1v) is 11.7.